The minimum absolute atomic E-state index is 0.396. The molecule has 0 saturated heterocycles. The quantitative estimate of drug-likeness (QED) is 0.880. The van der Waals surface area contributed by atoms with Gasteiger partial charge in [0.25, 0.3) is 0 Å². The molecule has 3 atom stereocenters. The third kappa shape index (κ3) is 3.08. The second-order valence-corrected chi connectivity index (χ2v) is 6.88. The van der Waals surface area contributed by atoms with Gasteiger partial charge in [-0.1, -0.05) is 19.8 Å². The van der Waals surface area contributed by atoms with Crippen molar-refractivity contribution in [3.8, 4) is 0 Å². The summed E-state index contributed by atoms with van der Waals surface area (Å²) in [5.41, 5.74) is 1.25. The van der Waals surface area contributed by atoms with Crippen LogP contribution in [-0.4, -0.2) is 11.5 Å². The summed E-state index contributed by atoms with van der Waals surface area (Å²) < 4.78 is 0. The van der Waals surface area contributed by atoms with Crippen LogP contribution in [0.3, 0.4) is 0 Å². The molecule has 2 nitrogen and oxygen atoms in total. The first-order valence-corrected chi connectivity index (χ1v) is 7.57. The van der Waals surface area contributed by atoms with E-state index in [0.717, 1.165) is 18.4 Å². The van der Waals surface area contributed by atoms with Crippen molar-refractivity contribution in [2.75, 3.05) is 6.54 Å². The Bertz CT molecular complexity index is 372. The van der Waals surface area contributed by atoms with Crippen molar-refractivity contribution in [2.24, 2.45) is 11.8 Å². The molecular formula is C14H24N2S. The van der Waals surface area contributed by atoms with Gasteiger partial charge < -0.3 is 5.32 Å². The molecule has 1 saturated carbocycles. The Morgan fingerprint density at radius 3 is 2.71 bits per heavy atom. The van der Waals surface area contributed by atoms with Gasteiger partial charge in [-0.2, -0.15) is 0 Å². The van der Waals surface area contributed by atoms with Gasteiger partial charge in [-0.05, 0) is 45.6 Å². The molecular weight excluding hydrogens is 228 g/mol. The van der Waals surface area contributed by atoms with Crippen LogP contribution in [-0.2, 0) is 0 Å². The van der Waals surface area contributed by atoms with E-state index < -0.39 is 0 Å². The highest BCUT2D eigenvalue weighted by atomic mass is 32.1. The SMILES string of the molecule is Cc1nc(C(C)NCC2CCCC2C)c(C)s1. The molecule has 17 heavy (non-hydrogen) atoms. The van der Waals surface area contributed by atoms with Crippen LogP contribution >= 0.6 is 11.3 Å². The van der Waals surface area contributed by atoms with Crippen LogP contribution < -0.4 is 5.32 Å². The normalized spacial score (nSPS) is 26.4. The lowest BCUT2D eigenvalue weighted by molar-refractivity contribution is 0.373. The maximum atomic E-state index is 4.63. The Morgan fingerprint density at radius 1 is 1.41 bits per heavy atom. The number of aryl methyl sites for hydroxylation is 2. The summed E-state index contributed by atoms with van der Waals surface area (Å²) in [5, 5.41) is 4.85. The highest BCUT2D eigenvalue weighted by molar-refractivity contribution is 7.11. The average molecular weight is 252 g/mol. The molecule has 1 N–H and O–H groups in total. The fraction of sp³-hybridized carbons (Fsp3) is 0.786. The molecule has 3 unspecified atom stereocenters. The molecule has 0 radical (unpaired) electrons. The van der Waals surface area contributed by atoms with E-state index in [1.807, 2.05) is 0 Å². The molecule has 1 fully saturated rings. The van der Waals surface area contributed by atoms with Crippen LogP contribution in [0.25, 0.3) is 0 Å². The van der Waals surface area contributed by atoms with Gasteiger partial charge in [0.05, 0.1) is 10.7 Å². The van der Waals surface area contributed by atoms with Gasteiger partial charge in [0, 0.05) is 10.9 Å². The summed E-state index contributed by atoms with van der Waals surface area (Å²) in [6.07, 6.45) is 4.22. The molecule has 1 heterocycles. The second kappa shape index (κ2) is 5.49. The summed E-state index contributed by atoms with van der Waals surface area (Å²) in [4.78, 5) is 5.99. The molecule has 0 aromatic carbocycles. The fourth-order valence-corrected chi connectivity index (χ4v) is 3.81. The summed E-state index contributed by atoms with van der Waals surface area (Å²) >= 11 is 1.81. The third-order valence-electron chi connectivity index (χ3n) is 4.07. The number of thiazole rings is 1. The van der Waals surface area contributed by atoms with E-state index in [9.17, 15) is 0 Å². The van der Waals surface area contributed by atoms with Crippen LogP contribution in [0, 0.1) is 25.7 Å². The standard InChI is InChI=1S/C14H24N2S/c1-9-6-5-7-13(9)8-15-10(2)14-11(3)17-12(4)16-14/h9-10,13,15H,5-8H2,1-4H3. The number of hydrogen-bond acceptors (Lipinski definition) is 3. The summed E-state index contributed by atoms with van der Waals surface area (Å²) in [5.74, 6) is 1.77. The smallest absolute Gasteiger partial charge is 0.0900 e. The number of nitrogens with zero attached hydrogens (tertiary/aromatic N) is 1. The van der Waals surface area contributed by atoms with Crippen molar-refractivity contribution in [1.29, 1.82) is 0 Å². The Kier molecular flexibility index (Phi) is 4.21. The van der Waals surface area contributed by atoms with Crippen molar-refractivity contribution in [3.05, 3.63) is 15.6 Å². The van der Waals surface area contributed by atoms with Gasteiger partial charge in [-0.15, -0.1) is 11.3 Å². The molecule has 1 aromatic heterocycles. The van der Waals surface area contributed by atoms with E-state index in [1.54, 1.807) is 11.3 Å². The van der Waals surface area contributed by atoms with Gasteiger partial charge in [0.2, 0.25) is 0 Å². The fourth-order valence-electron chi connectivity index (χ4n) is 2.90. The Morgan fingerprint density at radius 2 is 2.18 bits per heavy atom. The van der Waals surface area contributed by atoms with Crippen LogP contribution in [0.5, 0.6) is 0 Å². The zero-order valence-electron chi connectivity index (χ0n) is 11.4. The van der Waals surface area contributed by atoms with E-state index in [1.165, 1.54) is 34.8 Å². The summed E-state index contributed by atoms with van der Waals surface area (Å²) in [6, 6.07) is 0.396. The summed E-state index contributed by atoms with van der Waals surface area (Å²) in [7, 11) is 0. The first-order valence-electron chi connectivity index (χ1n) is 6.75. The number of hydrogen-bond donors (Lipinski definition) is 1. The van der Waals surface area contributed by atoms with Crippen LogP contribution in [0.15, 0.2) is 0 Å². The molecule has 2 rings (SSSR count). The van der Waals surface area contributed by atoms with Gasteiger partial charge in [-0.25, -0.2) is 4.98 Å². The zero-order valence-corrected chi connectivity index (χ0v) is 12.2. The monoisotopic (exact) mass is 252 g/mol. The molecule has 96 valence electrons. The molecule has 0 spiro atoms. The van der Waals surface area contributed by atoms with Crippen LogP contribution in [0.4, 0.5) is 0 Å². The Labute approximate surface area is 109 Å². The predicted molar refractivity (Wildman–Crippen MR) is 74.5 cm³/mol. The van der Waals surface area contributed by atoms with Gasteiger partial charge in [0.15, 0.2) is 0 Å². The van der Waals surface area contributed by atoms with E-state index in [2.05, 4.69) is 38.0 Å². The average Bonchev–Trinajstić information content (AvgIpc) is 2.81. The molecule has 0 aliphatic heterocycles. The number of rotatable bonds is 4. The highest BCUT2D eigenvalue weighted by Gasteiger charge is 2.24. The first kappa shape index (κ1) is 13.0. The van der Waals surface area contributed by atoms with Crippen molar-refractivity contribution in [2.45, 2.75) is 53.0 Å². The zero-order chi connectivity index (χ0) is 12.4. The molecule has 3 heteroatoms. The first-order chi connectivity index (χ1) is 8.08. The highest BCUT2D eigenvalue weighted by Crippen LogP contribution is 2.31. The van der Waals surface area contributed by atoms with E-state index in [4.69, 9.17) is 0 Å². The summed E-state index contributed by atoms with van der Waals surface area (Å²) in [6.45, 7) is 10.0. The maximum absolute atomic E-state index is 4.63. The Balaban J connectivity index is 1.88. The Hall–Kier alpha value is -0.410. The third-order valence-corrected chi connectivity index (χ3v) is 4.98. The van der Waals surface area contributed by atoms with Crippen LogP contribution in [0.1, 0.15) is 54.7 Å². The molecule has 1 aromatic rings. The van der Waals surface area contributed by atoms with Crippen molar-refractivity contribution < 1.29 is 0 Å². The minimum Gasteiger partial charge on any atom is -0.309 e. The lowest BCUT2D eigenvalue weighted by atomic mass is 9.98. The lowest BCUT2D eigenvalue weighted by Crippen LogP contribution is -2.27. The number of nitrogens with one attached hydrogen (secondary N) is 1. The minimum atomic E-state index is 0.396. The second-order valence-electron chi connectivity index (χ2n) is 5.47. The van der Waals surface area contributed by atoms with Crippen molar-refractivity contribution >= 4 is 11.3 Å². The van der Waals surface area contributed by atoms with Crippen molar-refractivity contribution in [1.82, 2.24) is 10.3 Å². The van der Waals surface area contributed by atoms with Crippen LogP contribution in [0.2, 0.25) is 0 Å². The number of aromatic nitrogens is 1. The predicted octanol–water partition coefficient (Wildman–Crippen LogP) is 3.85. The molecule has 1 aliphatic rings. The molecule has 0 amide bonds. The van der Waals surface area contributed by atoms with E-state index in [0.29, 0.717) is 6.04 Å². The largest absolute Gasteiger partial charge is 0.309 e. The van der Waals surface area contributed by atoms with Gasteiger partial charge >= 0.3 is 0 Å². The van der Waals surface area contributed by atoms with Gasteiger partial charge in [0.1, 0.15) is 0 Å². The van der Waals surface area contributed by atoms with E-state index >= 15 is 0 Å². The lowest BCUT2D eigenvalue weighted by Gasteiger charge is -2.19. The molecule has 0 bridgehead atoms. The maximum Gasteiger partial charge on any atom is 0.0900 e. The van der Waals surface area contributed by atoms with Crippen molar-refractivity contribution in [3.63, 3.8) is 0 Å². The van der Waals surface area contributed by atoms with E-state index in [-0.39, 0.29) is 0 Å². The topological polar surface area (TPSA) is 24.9 Å². The van der Waals surface area contributed by atoms with Gasteiger partial charge in [-0.3, -0.25) is 0 Å². The molecule has 1 aliphatic carbocycles.